The normalized spacial score (nSPS) is 15.8. The minimum atomic E-state index is -0.912. The van der Waals surface area contributed by atoms with Crippen molar-refractivity contribution in [3.8, 4) is 5.75 Å². The highest BCUT2D eigenvalue weighted by Gasteiger charge is 2.40. The first kappa shape index (κ1) is 27.5. The number of rotatable bonds is 8. The molecule has 3 amide bonds. The standard InChI is InChI=1S/C26H41N3O5/c1-7-26(5,6)29(21(31)17-27-24(33)34-25(2,3)4)22(18-13-15-20(30)16-14-18)23(32)28-19-11-9-8-10-12-19/h13-16,19,22,30H,7-12,17H2,1-6H3,(H,27,33)(H,28,32). The van der Waals surface area contributed by atoms with E-state index in [1.54, 1.807) is 37.8 Å². The summed E-state index contributed by atoms with van der Waals surface area (Å²) < 4.78 is 5.26. The summed E-state index contributed by atoms with van der Waals surface area (Å²) in [5.74, 6) is -0.575. The number of hydrogen-bond acceptors (Lipinski definition) is 5. The van der Waals surface area contributed by atoms with Gasteiger partial charge in [-0.3, -0.25) is 9.59 Å². The number of ether oxygens (including phenoxy) is 1. The van der Waals surface area contributed by atoms with Crippen LogP contribution in [0.3, 0.4) is 0 Å². The van der Waals surface area contributed by atoms with E-state index in [1.807, 2.05) is 20.8 Å². The summed E-state index contributed by atoms with van der Waals surface area (Å²) >= 11 is 0. The highest BCUT2D eigenvalue weighted by molar-refractivity contribution is 5.91. The van der Waals surface area contributed by atoms with E-state index in [2.05, 4.69) is 10.6 Å². The third kappa shape index (κ3) is 7.92. The van der Waals surface area contributed by atoms with Gasteiger partial charge in [-0.25, -0.2) is 4.79 Å². The average Bonchev–Trinajstić information content (AvgIpc) is 2.76. The van der Waals surface area contributed by atoms with E-state index in [1.165, 1.54) is 12.1 Å². The second-order valence-electron chi connectivity index (χ2n) is 10.6. The molecule has 1 saturated carbocycles. The van der Waals surface area contributed by atoms with Gasteiger partial charge in [0.1, 0.15) is 23.9 Å². The van der Waals surface area contributed by atoms with Gasteiger partial charge in [0, 0.05) is 11.6 Å². The molecule has 1 aromatic carbocycles. The number of benzene rings is 1. The number of amides is 3. The lowest BCUT2D eigenvalue weighted by atomic mass is 9.91. The van der Waals surface area contributed by atoms with Gasteiger partial charge >= 0.3 is 6.09 Å². The summed E-state index contributed by atoms with van der Waals surface area (Å²) in [4.78, 5) is 40.9. The highest BCUT2D eigenvalue weighted by Crippen LogP contribution is 2.32. The molecule has 8 nitrogen and oxygen atoms in total. The number of hydrogen-bond donors (Lipinski definition) is 3. The Bertz CT molecular complexity index is 839. The molecule has 0 saturated heterocycles. The predicted molar refractivity (Wildman–Crippen MR) is 131 cm³/mol. The molecule has 1 fully saturated rings. The molecule has 2 rings (SSSR count). The monoisotopic (exact) mass is 475 g/mol. The smallest absolute Gasteiger partial charge is 0.408 e. The van der Waals surface area contributed by atoms with Crippen LogP contribution in [0.2, 0.25) is 0 Å². The van der Waals surface area contributed by atoms with Gasteiger partial charge in [-0.2, -0.15) is 0 Å². The summed E-state index contributed by atoms with van der Waals surface area (Å²) in [5, 5.41) is 15.5. The third-order valence-corrected chi connectivity index (χ3v) is 6.24. The molecule has 1 aromatic rings. The zero-order chi connectivity index (χ0) is 25.5. The maximum absolute atomic E-state index is 13.7. The zero-order valence-electron chi connectivity index (χ0n) is 21.4. The van der Waals surface area contributed by atoms with Gasteiger partial charge in [0.15, 0.2) is 0 Å². The fourth-order valence-electron chi connectivity index (χ4n) is 4.15. The van der Waals surface area contributed by atoms with Crippen molar-refractivity contribution < 1.29 is 24.2 Å². The molecule has 1 atom stereocenters. The largest absolute Gasteiger partial charge is 0.508 e. The lowest BCUT2D eigenvalue weighted by Gasteiger charge is -2.43. The Kier molecular flexibility index (Phi) is 9.36. The summed E-state index contributed by atoms with van der Waals surface area (Å²) in [5.41, 5.74) is -0.776. The van der Waals surface area contributed by atoms with Crippen molar-refractivity contribution in [2.75, 3.05) is 6.54 Å². The van der Waals surface area contributed by atoms with Crippen molar-refractivity contribution in [2.24, 2.45) is 0 Å². The van der Waals surface area contributed by atoms with E-state index in [9.17, 15) is 19.5 Å². The maximum Gasteiger partial charge on any atom is 0.408 e. The summed E-state index contributed by atoms with van der Waals surface area (Å²) in [6.07, 6.45) is 5.03. The van der Waals surface area contributed by atoms with Gasteiger partial charge < -0.3 is 25.4 Å². The minimum absolute atomic E-state index is 0.0717. The van der Waals surface area contributed by atoms with Crippen molar-refractivity contribution in [1.82, 2.24) is 15.5 Å². The average molecular weight is 476 g/mol. The number of carbonyl (C=O) groups excluding carboxylic acids is 3. The van der Waals surface area contributed by atoms with Crippen LogP contribution in [0.5, 0.6) is 5.75 Å². The number of carbonyl (C=O) groups is 3. The van der Waals surface area contributed by atoms with E-state index in [4.69, 9.17) is 4.74 Å². The second kappa shape index (κ2) is 11.6. The Hall–Kier alpha value is -2.77. The van der Waals surface area contributed by atoms with E-state index in [-0.39, 0.29) is 24.2 Å². The van der Waals surface area contributed by atoms with Crippen LogP contribution in [0.1, 0.15) is 91.7 Å². The SMILES string of the molecule is CCC(C)(C)N(C(=O)CNC(=O)OC(C)(C)C)C(C(=O)NC1CCCCC1)c1ccc(O)cc1. The lowest BCUT2D eigenvalue weighted by Crippen LogP contribution is -2.56. The molecule has 1 aliphatic carbocycles. The molecule has 0 spiro atoms. The van der Waals surface area contributed by atoms with Gasteiger partial charge in [0.25, 0.3) is 0 Å². The Morgan fingerprint density at radius 2 is 1.65 bits per heavy atom. The van der Waals surface area contributed by atoms with Crippen LogP contribution in [0.25, 0.3) is 0 Å². The van der Waals surface area contributed by atoms with E-state index >= 15 is 0 Å². The fraction of sp³-hybridized carbons (Fsp3) is 0.654. The van der Waals surface area contributed by atoms with Crippen LogP contribution < -0.4 is 10.6 Å². The first-order valence-electron chi connectivity index (χ1n) is 12.2. The quantitative estimate of drug-likeness (QED) is 0.516. The summed E-state index contributed by atoms with van der Waals surface area (Å²) in [7, 11) is 0. The van der Waals surface area contributed by atoms with Crippen molar-refractivity contribution in [1.29, 1.82) is 0 Å². The molecule has 3 N–H and O–H groups in total. The molecule has 0 heterocycles. The van der Waals surface area contributed by atoms with E-state index in [0.29, 0.717) is 12.0 Å². The summed E-state index contributed by atoms with van der Waals surface area (Å²) in [6.45, 7) is 10.7. The molecular formula is C26H41N3O5. The van der Waals surface area contributed by atoms with Crippen molar-refractivity contribution in [3.05, 3.63) is 29.8 Å². The molecule has 1 aliphatic rings. The van der Waals surface area contributed by atoms with Crippen LogP contribution >= 0.6 is 0 Å². The molecule has 8 heteroatoms. The second-order valence-corrected chi connectivity index (χ2v) is 10.6. The molecule has 0 bridgehead atoms. The molecule has 34 heavy (non-hydrogen) atoms. The van der Waals surface area contributed by atoms with Gasteiger partial charge in [-0.15, -0.1) is 0 Å². The fourth-order valence-corrected chi connectivity index (χ4v) is 4.15. The van der Waals surface area contributed by atoms with Crippen molar-refractivity contribution >= 4 is 17.9 Å². The zero-order valence-corrected chi connectivity index (χ0v) is 21.4. The third-order valence-electron chi connectivity index (χ3n) is 6.24. The van der Waals surface area contributed by atoms with Crippen molar-refractivity contribution in [3.63, 3.8) is 0 Å². The van der Waals surface area contributed by atoms with E-state index in [0.717, 1.165) is 32.1 Å². The Balaban J connectivity index is 2.36. The van der Waals surface area contributed by atoms with Gasteiger partial charge in [0.2, 0.25) is 11.8 Å². The molecule has 0 aliphatic heterocycles. The number of phenols is 1. The summed E-state index contributed by atoms with van der Waals surface area (Å²) in [6, 6.07) is 5.50. The van der Waals surface area contributed by atoms with Crippen LogP contribution in [0, 0.1) is 0 Å². The number of aromatic hydroxyl groups is 1. The molecule has 0 radical (unpaired) electrons. The predicted octanol–water partition coefficient (Wildman–Crippen LogP) is 4.42. The Morgan fingerprint density at radius 3 is 2.18 bits per heavy atom. The van der Waals surface area contributed by atoms with Crippen LogP contribution in [-0.2, 0) is 14.3 Å². The first-order chi connectivity index (χ1) is 15.8. The van der Waals surface area contributed by atoms with Gasteiger partial charge in [-0.1, -0.05) is 38.3 Å². The molecule has 0 aromatic heterocycles. The molecule has 1 unspecified atom stereocenters. The van der Waals surface area contributed by atoms with Crippen LogP contribution in [-0.4, -0.2) is 51.6 Å². The Morgan fingerprint density at radius 1 is 1.06 bits per heavy atom. The van der Waals surface area contributed by atoms with Crippen LogP contribution in [0.15, 0.2) is 24.3 Å². The number of nitrogens with one attached hydrogen (secondary N) is 2. The van der Waals surface area contributed by atoms with Crippen LogP contribution in [0.4, 0.5) is 4.79 Å². The van der Waals surface area contributed by atoms with Crippen molar-refractivity contribution in [2.45, 2.75) is 103 Å². The maximum atomic E-state index is 13.7. The first-order valence-corrected chi connectivity index (χ1v) is 12.2. The van der Waals surface area contributed by atoms with Gasteiger partial charge in [0.05, 0.1) is 0 Å². The molecular weight excluding hydrogens is 434 g/mol. The lowest BCUT2D eigenvalue weighted by molar-refractivity contribution is -0.147. The topological polar surface area (TPSA) is 108 Å². The number of alkyl carbamates (subject to hydrolysis) is 1. The number of nitrogens with zero attached hydrogens (tertiary/aromatic N) is 1. The Labute approximate surface area is 203 Å². The molecule has 190 valence electrons. The van der Waals surface area contributed by atoms with E-state index < -0.39 is 29.2 Å². The van der Waals surface area contributed by atoms with Gasteiger partial charge in [-0.05, 0) is 71.6 Å². The number of phenolic OH excluding ortho intramolecular Hbond substituents is 1. The highest BCUT2D eigenvalue weighted by atomic mass is 16.6. The minimum Gasteiger partial charge on any atom is -0.508 e.